The maximum absolute atomic E-state index is 11.8. The zero-order chi connectivity index (χ0) is 14.9. The van der Waals surface area contributed by atoms with Crippen LogP contribution in [0.1, 0.15) is 11.3 Å². The lowest BCUT2D eigenvalue weighted by molar-refractivity contribution is 0.148. The quantitative estimate of drug-likeness (QED) is 0.766. The third-order valence-corrected chi connectivity index (χ3v) is 7.25. The van der Waals surface area contributed by atoms with Gasteiger partial charge in [0.25, 0.3) is 0 Å². The molecule has 1 atom stereocenters. The van der Waals surface area contributed by atoms with E-state index in [4.69, 9.17) is 12.2 Å². The number of hydrogen-bond acceptors (Lipinski definition) is 7. The van der Waals surface area contributed by atoms with Crippen molar-refractivity contribution in [2.45, 2.75) is 25.7 Å². The molecule has 2 aromatic rings. The first-order valence-corrected chi connectivity index (χ1v) is 10.5. The summed E-state index contributed by atoms with van der Waals surface area (Å²) in [5.74, 6) is 0.511. The maximum atomic E-state index is 11.8. The van der Waals surface area contributed by atoms with Crippen LogP contribution in [0.25, 0.3) is 0 Å². The Labute approximate surface area is 136 Å². The van der Waals surface area contributed by atoms with Gasteiger partial charge in [0.15, 0.2) is 13.8 Å². The fourth-order valence-electron chi connectivity index (χ4n) is 2.46. The van der Waals surface area contributed by atoms with E-state index in [0.29, 0.717) is 17.0 Å². The van der Waals surface area contributed by atoms with Gasteiger partial charge in [0.2, 0.25) is 0 Å². The van der Waals surface area contributed by atoms with Crippen LogP contribution in [-0.2, 0) is 23.1 Å². The molecule has 0 saturated carbocycles. The van der Waals surface area contributed by atoms with Gasteiger partial charge in [-0.3, -0.25) is 4.90 Å². The SMILES string of the molecule is O=S1(=O)CC[C@H](N(Cc2cccs2)Cn2ncsc2=S)C1. The zero-order valence-electron chi connectivity index (χ0n) is 11.2. The van der Waals surface area contributed by atoms with Crippen molar-refractivity contribution in [1.29, 1.82) is 0 Å². The van der Waals surface area contributed by atoms with Crippen LogP contribution in [0.5, 0.6) is 0 Å². The summed E-state index contributed by atoms with van der Waals surface area (Å²) < 4.78 is 26.0. The molecule has 0 radical (unpaired) electrons. The monoisotopic (exact) mass is 361 g/mol. The third kappa shape index (κ3) is 3.78. The first-order valence-electron chi connectivity index (χ1n) is 6.51. The van der Waals surface area contributed by atoms with Crippen molar-refractivity contribution in [2.75, 3.05) is 11.5 Å². The Morgan fingerprint density at radius 1 is 1.48 bits per heavy atom. The van der Waals surface area contributed by atoms with Gasteiger partial charge in [-0.2, -0.15) is 5.10 Å². The molecule has 1 aliphatic rings. The van der Waals surface area contributed by atoms with Gasteiger partial charge in [0, 0.05) is 17.5 Å². The minimum atomic E-state index is -2.90. The van der Waals surface area contributed by atoms with E-state index in [1.54, 1.807) is 21.5 Å². The Bertz CT molecular complexity index is 748. The summed E-state index contributed by atoms with van der Waals surface area (Å²) in [6.45, 7) is 1.28. The highest BCUT2D eigenvalue weighted by Crippen LogP contribution is 2.22. The fourth-order valence-corrected chi connectivity index (χ4v) is 5.66. The zero-order valence-corrected chi connectivity index (χ0v) is 14.5. The van der Waals surface area contributed by atoms with Gasteiger partial charge < -0.3 is 0 Å². The summed E-state index contributed by atoms with van der Waals surface area (Å²) in [6, 6.07) is 4.13. The average Bonchev–Trinajstić information content (AvgIpc) is 3.12. The highest BCUT2D eigenvalue weighted by atomic mass is 32.2. The Hall–Kier alpha value is -0.610. The topological polar surface area (TPSA) is 55.2 Å². The normalized spacial score (nSPS) is 21.1. The molecule has 5 nitrogen and oxygen atoms in total. The predicted octanol–water partition coefficient (Wildman–Crippen LogP) is 2.38. The van der Waals surface area contributed by atoms with Crippen molar-refractivity contribution in [3.63, 3.8) is 0 Å². The molecule has 0 bridgehead atoms. The van der Waals surface area contributed by atoms with Crippen molar-refractivity contribution >= 4 is 44.7 Å². The number of thiophene rings is 1. The second-order valence-corrected chi connectivity index (χ2v) is 9.77. The second kappa shape index (κ2) is 6.25. The Morgan fingerprint density at radius 3 is 2.90 bits per heavy atom. The van der Waals surface area contributed by atoms with Crippen LogP contribution in [-0.4, -0.2) is 40.6 Å². The molecule has 9 heteroatoms. The molecule has 1 saturated heterocycles. The lowest BCUT2D eigenvalue weighted by Crippen LogP contribution is -2.37. The molecule has 0 aromatic carbocycles. The lowest BCUT2D eigenvalue weighted by Gasteiger charge is -2.27. The third-order valence-electron chi connectivity index (χ3n) is 3.53. The molecule has 0 spiro atoms. The van der Waals surface area contributed by atoms with Gasteiger partial charge >= 0.3 is 0 Å². The molecule has 1 aliphatic heterocycles. The van der Waals surface area contributed by atoms with Crippen LogP contribution in [0.4, 0.5) is 0 Å². The van der Waals surface area contributed by atoms with E-state index in [1.165, 1.54) is 16.2 Å². The molecule has 3 heterocycles. The fraction of sp³-hybridized carbons (Fsp3) is 0.500. The number of sulfone groups is 1. The highest BCUT2D eigenvalue weighted by molar-refractivity contribution is 7.91. The van der Waals surface area contributed by atoms with E-state index in [9.17, 15) is 8.42 Å². The van der Waals surface area contributed by atoms with Gasteiger partial charge in [-0.05, 0) is 30.1 Å². The summed E-state index contributed by atoms with van der Waals surface area (Å²) in [5.41, 5.74) is 1.72. The van der Waals surface area contributed by atoms with Crippen molar-refractivity contribution in [2.24, 2.45) is 0 Å². The second-order valence-electron chi connectivity index (χ2n) is 5.03. The first kappa shape index (κ1) is 15.3. The molecule has 2 aromatic heterocycles. The molecule has 1 fully saturated rings. The molecular weight excluding hydrogens is 346 g/mol. The van der Waals surface area contributed by atoms with Crippen LogP contribution >= 0.6 is 34.9 Å². The minimum absolute atomic E-state index is 0.0423. The molecule has 3 rings (SSSR count). The van der Waals surface area contributed by atoms with E-state index in [1.807, 2.05) is 11.4 Å². The molecule has 0 unspecified atom stereocenters. The summed E-state index contributed by atoms with van der Waals surface area (Å²) in [4.78, 5) is 3.40. The molecule has 0 amide bonds. The average molecular weight is 362 g/mol. The van der Waals surface area contributed by atoms with E-state index < -0.39 is 9.84 Å². The molecule has 0 aliphatic carbocycles. The summed E-state index contributed by atoms with van der Waals surface area (Å²) in [7, 11) is -2.90. The number of nitrogens with zero attached hydrogens (tertiary/aromatic N) is 3. The van der Waals surface area contributed by atoms with Crippen LogP contribution in [0, 0.1) is 3.95 Å². The number of rotatable bonds is 5. The van der Waals surface area contributed by atoms with E-state index in [-0.39, 0.29) is 17.5 Å². The van der Waals surface area contributed by atoms with Crippen molar-refractivity contribution in [3.8, 4) is 0 Å². The van der Waals surface area contributed by atoms with E-state index in [2.05, 4.69) is 16.1 Å². The molecular formula is C12H15N3O2S4. The first-order chi connectivity index (χ1) is 10.0. The Morgan fingerprint density at radius 2 is 2.33 bits per heavy atom. The summed E-state index contributed by atoms with van der Waals surface area (Å²) in [6.07, 6.45) is 0.686. The summed E-state index contributed by atoms with van der Waals surface area (Å²) in [5, 5.41) is 6.27. The van der Waals surface area contributed by atoms with Crippen LogP contribution < -0.4 is 0 Å². The van der Waals surface area contributed by atoms with Crippen molar-refractivity contribution in [1.82, 2.24) is 14.7 Å². The molecule has 114 valence electrons. The van der Waals surface area contributed by atoms with Gasteiger partial charge in [0.05, 0.1) is 18.2 Å². The van der Waals surface area contributed by atoms with Crippen LogP contribution in [0.15, 0.2) is 23.0 Å². The molecule has 0 N–H and O–H groups in total. The van der Waals surface area contributed by atoms with E-state index >= 15 is 0 Å². The Balaban J connectivity index is 1.81. The number of hydrogen-bond donors (Lipinski definition) is 0. The predicted molar refractivity (Wildman–Crippen MR) is 87.9 cm³/mol. The van der Waals surface area contributed by atoms with Crippen molar-refractivity contribution < 1.29 is 8.42 Å². The van der Waals surface area contributed by atoms with Gasteiger partial charge in [0.1, 0.15) is 5.51 Å². The Kier molecular flexibility index (Phi) is 4.55. The van der Waals surface area contributed by atoms with Gasteiger partial charge in [-0.25, -0.2) is 13.1 Å². The summed E-state index contributed by atoms with van der Waals surface area (Å²) >= 11 is 8.35. The highest BCUT2D eigenvalue weighted by Gasteiger charge is 2.32. The number of aromatic nitrogens is 2. The minimum Gasteiger partial charge on any atom is -0.275 e. The maximum Gasteiger partial charge on any atom is 0.180 e. The molecule has 21 heavy (non-hydrogen) atoms. The lowest BCUT2D eigenvalue weighted by atomic mass is 10.2. The van der Waals surface area contributed by atoms with Crippen molar-refractivity contribution in [3.05, 3.63) is 31.9 Å². The smallest absolute Gasteiger partial charge is 0.180 e. The van der Waals surface area contributed by atoms with Gasteiger partial charge in [-0.1, -0.05) is 17.4 Å². The van der Waals surface area contributed by atoms with Gasteiger partial charge in [-0.15, -0.1) is 11.3 Å². The largest absolute Gasteiger partial charge is 0.275 e. The van der Waals surface area contributed by atoms with E-state index in [0.717, 1.165) is 6.54 Å². The van der Waals surface area contributed by atoms with Crippen LogP contribution in [0.2, 0.25) is 0 Å². The standard InChI is InChI=1S/C12H15N3O2S4/c16-21(17)5-3-10(7-21)14(6-11-2-1-4-19-11)9-15-12(18)20-8-13-15/h1-2,4,8,10H,3,5-7,9H2/t10-/m0/s1. The van der Waals surface area contributed by atoms with Crippen LogP contribution in [0.3, 0.4) is 0 Å².